The molecule has 0 saturated heterocycles. The number of nitrogens with zero attached hydrogens (tertiary/aromatic N) is 4. The van der Waals surface area contributed by atoms with Crippen LogP contribution in [0.5, 0.6) is 5.75 Å². The Kier molecular flexibility index (Phi) is 4.42. The number of halogens is 1. The first-order valence-corrected chi connectivity index (χ1v) is 9.68. The van der Waals surface area contributed by atoms with Crippen LogP contribution in [0.4, 0.5) is 10.1 Å². The van der Waals surface area contributed by atoms with Gasteiger partial charge in [0.2, 0.25) is 6.36 Å². The smallest absolute Gasteiger partial charge is 0.261 e. The summed E-state index contributed by atoms with van der Waals surface area (Å²) < 4.78 is 20.5. The summed E-state index contributed by atoms with van der Waals surface area (Å²) in [6.07, 6.45) is 7.08. The lowest BCUT2D eigenvalue weighted by Gasteiger charge is -2.14. The minimum atomic E-state index is -1.47. The third-order valence-electron chi connectivity index (χ3n) is 5.02. The van der Waals surface area contributed by atoms with E-state index in [0.29, 0.717) is 39.8 Å². The molecule has 152 valence electrons. The number of aromatic nitrogens is 5. The zero-order valence-corrected chi connectivity index (χ0v) is 16.2. The molecule has 1 atom stereocenters. The highest BCUT2D eigenvalue weighted by atomic mass is 19.1. The number of aromatic amines is 1. The Bertz CT molecular complexity index is 1230. The molecule has 0 radical (unpaired) electrons. The summed E-state index contributed by atoms with van der Waals surface area (Å²) in [6.45, 7) is 1.33. The van der Waals surface area contributed by atoms with Gasteiger partial charge in [0.25, 0.3) is 5.91 Å². The van der Waals surface area contributed by atoms with Crippen LogP contribution in [0.2, 0.25) is 0 Å². The Balaban J connectivity index is 1.50. The molecule has 3 aromatic heterocycles. The zero-order valence-electron chi connectivity index (χ0n) is 16.2. The van der Waals surface area contributed by atoms with Crippen LogP contribution in [-0.2, 0) is 0 Å². The number of carbonyl (C=O) groups is 1. The van der Waals surface area contributed by atoms with E-state index >= 15 is 0 Å². The maximum Gasteiger partial charge on any atom is 0.261 e. The second-order valence-corrected chi connectivity index (χ2v) is 7.25. The standard InChI is InChI=1S/C21H19FN6O2/c1-12(22)30-18-6-5-14(13-3-4-13)9-15(18)19-17(11-24-27-19)26-21(29)16-10-25-28-8-2-7-23-20(16)28/h2,5-13H,3-4H2,1H3,(H,24,27)(H,26,29). The first-order chi connectivity index (χ1) is 14.6. The van der Waals surface area contributed by atoms with Crippen molar-refractivity contribution in [3.8, 4) is 17.0 Å². The molecule has 3 heterocycles. The van der Waals surface area contributed by atoms with Crippen LogP contribution in [0.1, 0.15) is 41.6 Å². The molecule has 30 heavy (non-hydrogen) atoms. The van der Waals surface area contributed by atoms with E-state index in [-0.39, 0.29) is 5.91 Å². The lowest BCUT2D eigenvalue weighted by atomic mass is 10.0. The normalized spacial score (nSPS) is 14.6. The Morgan fingerprint density at radius 3 is 3.03 bits per heavy atom. The van der Waals surface area contributed by atoms with E-state index in [0.717, 1.165) is 18.4 Å². The summed E-state index contributed by atoms with van der Waals surface area (Å²) in [5.41, 5.74) is 3.59. The number of benzene rings is 1. The minimum absolute atomic E-state index is 0.336. The maximum absolute atomic E-state index is 13.6. The number of hydrogen-bond donors (Lipinski definition) is 2. The zero-order chi connectivity index (χ0) is 20.7. The van der Waals surface area contributed by atoms with Crippen molar-refractivity contribution >= 4 is 17.2 Å². The first-order valence-electron chi connectivity index (χ1n) is 9.68. The molecule has 0 aliphatic heterocycles. The lowest BCUT2D eigenvalue weighted by molar-refractivity contribution is 0.0866. The molecular formula is C21H19FN6O2. The van der Waals surface area contributed by atoms with Crippen molar-refractivity contribution < 1.29 is 13.9 Å². The van der Waals surface area contributed by atoms with Gasteiger partial charge in [0.1, 0.15) is 11.3 Å². The average Bonchev–Trinajstić information content (AvgIpc) is 3.33. The summed E-state index contributed by atoms with van der Waals surface area (Å²) in [7, 11) is 0. The number of amides is 1. The van der Waals surface area contributed by atoms with Crippen molar-refractivity contribution in [2.24, 2.45) is 0 Å². The molecule has 1 saturated carbocycles. The lowest BCUT2D eigenvalue weighted by Crippen LogP contribution is -2.12. The largest absolute Gasteiger partial charge is 0.460 e. The average molecular weight is 406 g/mol. The van der Waals surface area contributed by atoms with Gasteiger partial charge in [-0.25, -0.2) is 13.9 Å². The van der Waals surface area contributed by atoms with Gasteiger partial charge < -0.3 is 10.1 Å². The highest BCUT2D eigenvalue weighted by Crippen LogP contribution is 2.44. The van der Waals surface area contributed by atoms with Gasteiger partial charge in [0.05, 0.1) is 23.8 Å². The third kappa shape index (κ3) is 3.38. The third-order valence-corrected chi connectivity index (χ3v) is 5.02. The number of anilines is 1. The fourth-order valence-electron chi connectivity index (χ4n) is 3.45. The highest BCUT2D eigenvalue weighted by molar-refractivity contribution is 6.09. The molecule has 2 N–H and O–H groups in total. The number of carbonyl (C=O) groups excluding carboxylic acids is 1. The van der Waals surface area contributed by atoms with Crippen molar-refractivity contribution in [2.75, 3.05) is 5.32 Å². The summed E-state index contributed by atoms with van der Waals surface area (Å²) in [5.74, 6) is 0.518. The molecule has 1 aliphatic rings. The van der Waals surface area contributed by atoms with Crippen LogP contribution in [-0.4, -0.2) is 37.1 Å². The SMILES string of the molecule is CC(F)Oc1ccc(C2CC2)cc1-c1[nH]ncc1NC(=O)c1cnn2cccnc12. The van der Waals surface area contributed by atoms with Crippen molar-refractivity contribution in [2.45, 2.75) is 32.0 Å². The van der Waals surface area contributed by atoms with E-state index in [2.05, 4.69) is 25.6 Å². The highest BCUT2D eigenvalue weighted by Gasteiger charge is 2.26. The van der Waals surface area contributed by atoms with Gasteiger partial charge >= 0.3 is 0 Å². The summed E-state index contributed by atoms with van der Waals surface area (Å²) in [5, 5.41) is 14.0. The molecule has 9 heteroatoms. The molecule has 1 aromatic carbocycles. The predicted octanol–water partition coefficient (Wildman–Crippen LogP) is 3.94. The van der Waals surface area contributed by atoms with Gasteiger partial charge in [-0.05, 0) is 42.5 Å². The maximum atomic E-state index is 13.6. The van der Waals surface area contributed by atoms with Crippen LogP contribution >= 0.6 is 0 Å². The van der Waals surface area contributed by atoms with Gasteiger partial charge in [0, 0.05) is 24.9 Å². The van der Waals surface area contributed by atoms with Gasteiger partial charge in [-0.3, -0.25) is 9.89 Å². The van der Waals surface area contributed by atoms with E-state index < -0.39 is 6.36 Å². The first kappa shape index (κ1) is 18.3. The van der Waals surface area contributed by atoms with Crippen molar-refractivity contribution in [3.05, 3.63) is 60.2 Å². The second kappa shape index (κ2) is 7.25. The molecule has 1 fully saturated rings. The minimum Gasteiger partial charge on any atom is -0.460 e. The Morgan fingerprint density at radius 2 is 2.23 bits per heavy atom. The number of alkyl halides is 1. The molecule has 8 nitrogen and oxygen atoms in total. The van der Waals surface area contributed by atoms with E-state index in [9.17, 15) is 9.18 Å². The van der Waals surface area contributed by atoms with Gasteiger partial charge in [-0.15, -0.1) is 0 Å². The summed E-state index contributed by atoms with van der Waals surface area (Å²) in [6, 6.07) is 7.42. The number of ether oxygens (including phenoxy) is 1. The molecule has 0 bridgehead atoms. The molecular weight excluding hydrogens is 387 g/mol. The molecule has 5 rings (SSSR count). The van der Waals surface area contributed by atoms with E-state index in [4.69, 9.17) is 4.74 Å². The molecule has 0 spiro atoms. The summed E-state index contributed by atoms with van der Waals surface area (Å²) in [4.78, 5) is 17.1. The van der Waals surface area contributed by atoms with E-state index in [1.165, 1.54) is 23.8 Å². The number of hydrogen-bond acceptors (Lipinski definition) is 5. The van der Waals surface area contributed by atoms with Crippen LogP contribution in [0.15, 0.2) is 49.1 Å². The number of H-pyrrole nitrogens is 1. The molecule has 1 aliphatic carbocycles. The van der Waals surface area contributed by atoms with Gasteiger partial charge in [-0.2, -0.15) is 10.2 Å². The van der Waals surface area contributed by atoms with E-state index in [1.54, 1.807) is 24.5 Å². The second-order valence-electron chi connectivity index (χ2n) is 7.25. The van der Waals surface area contributed by atoms with Crippen molar-refractivity contribution in [1.82, 2.24) is 24.8 Å². The monoisotopic (exact) mass is 406 g/mol. The Morgan fingerprint density at radius 1 is 1.37 bits per heavy atom. The topological polar surface area (TPSA) is 97.2 Å². The van der Waals surface area contributed by atoms with Crippen molar-refractivity contribution in [1.29, 1.82) is 0 Å². The van der Waals surface area contributed by atoms with Crippen LogP contribution in [0.3, 0.4) is 0 Å². The number of nitrogens with one attached hydrogen (secondary N) is 2. The van der Waals surface area contributed by atoms with Crippen LogP contribution < -0.4 is 10.1 Å². The summed E-state index contributed by atoms with van der Waals surface area (Å²) >= 11 is 0. The van der Waals surface area contributed by atoms with Gasteiger partial charge in [0.15, 0.2) is 5.65 Å². The predicted molar refractivity (Wildman–Crippen MR) is 108 cm³/mol. The van der Waals surface area contributed by atoms with Gasteiger partial charge in [-0.1, -0.05) is 6.07 Å². The van der Waals surface area contributed by atoms with Crippen LogP contribution in [0.25, 0.3) is 16.9 Å². The molecule has 1 unspecified atom stereocenters. The Hall–Kier alpha value is -3.75. The molecule has 4 aromatic rings. The quantitative estimate of drug-likeness (QED) is 0.505. The fourth-order valence-corrected chi connectivity index (χ4v) is 3.45. The fraction of sp³-hybridized carbons (Fsp3) is 0.238. The van der Waals surface area contributed by atoms with Crippen LogP contribution in [0, 0.1) is 0 Å². The van der Waals surface area contributed by atoms with E-state index in [1.807, 2.05) is 12.1 Å². The number of rotatable bonds is 6. The van der Waals surface area contributed by atoms with Crippen molar-refractivity contribution in [3.63, 3.8) is 0 Å². The Labute approximate surface area is 171 Å². The molecule has 1 amide bonds. The number of fused-ring (bicyclic) bond motifs is 1.